The fourth-order valence-electron chi connectivity index (χ4n) is 2.31. The molecule has 0 heterocycles. The van der Waals surface area contributed by atoms with Crippen LogP contribution in [0.15, 0.2) is 30.0 Å². The standard InChI is InChI=1S/C18H25N3O/c1-5-14-10-9-11-15(6-2)17(14)20-18(22)16(12-19)13-21(7-3)8-4/h9-11,13H,5-8H2,1-4H3,(H,20,22)/b16-13-. The number of rotatable bonds is 7. The largest absolute Gasteiger partial charge is 0.377 e. The van der Waals surface area contributed by atoms with Crippen molar-refractivity contribution in [3.63, 3.8) is 0 Å². The van der Waals surface area contributed by atoms with Gasteiger partial charge in [-0.1, -0.05) is 32.0 Å². The van der Waals surface area contributed by atoms with Crippen LogP contribution in [0.3, 0.4) is 0 Å². The van der Waals surface area contributed by atoms with Gasteiger partial charge in [-0.2, -0.15) is 5.26 Å². The number of nitrogens with zero attached hydrogens (tertiary/aromatic N) is 2. The van der Waals surface area contributed by atoms with Gasteiger partial charge in [-0.15, -0.1) is 0 Å². The molecule has 0 saturated carbocycles. The summed E-state index contributed by atoms with van der Waals surface area (Å²) in [7, 11) is 0. The fourth-order valence-corrected chi connectivity index (χ4v) is 2.31. The number of hydrogen-bond acceptors (Lipinski definition) is 3. The van der Waals surface area contributed by atoms with Gasteiger partial charge >= 0.3 is 0 Å². The van der Waals surface area contributed by atoms with Crippen LogP contribution in [0.2, 0.25) is 0 Å². The number of carbonyl (C=O) groups is 1. The van der Waals surface area contributed by atoms with Crippen LogP contribution in [0.1, 0.15) is 38.8 Å². The van der Waals surface area contributed by atoms with Gasteiger partial charge in [-0.25, -0.2) is 0 Å². The highest BCUT2D eigenvalue weighted by Crippen LogP contribution is 2.23. The van der Waals surface area contributed by atoms with E-state index in [-0.39, 0.29) is 11.5 Å². The van der Waals surface area contributed by atoms with Crippen molar-refractivity contribution in [3.8, 4) is 6.07 Å². The van der Waals surface area contributed by atoms with Crippen LogP contribution in [-0.2, 0) is 17.6 Å². The molecule has 22 heavy (non-hydrogen) atoms. The van der Waals surface area contributed by atoms with Gasteiger partial charge in [0, 0.05) is 25.0 Å². The molecule has 4 nitrogen and oxygen atoms in total. The highest BCUT2D eigenvalue weighted by Gasteiger charge is 2.14. The predicted molar refractivity (Wildman–Crippen MR) is 90.4 cm³/mol. The first-order valence-electron chi connectivity index (χ1n) is 7.89. The molecular weight excluding hydrogens is 274 g/mol. The molecule has 1 aromatic rings. The number of para-hydroxylation sites is 1. The minimum atomic E-state index is -0.343. The molecule has 0 aliphatic heterocycles. The summed E-state index contributed by atoms with van der Waals surface area (Å²) >= 11 is 0. The SMILES string of the molecule is CCc1cccc(CC)c1NC(=O)/C(C#N)=C\N(CC)CC. The third kappa shape index (κ3) is 4.36. The lowest BCUT2D eigenvalue weighted by Gasteiger charge is -2.17. The molecule has 0 aliphatic carbocycles. The third-order valence-corrected chi connectivity index (χ3v) is 3.73. The van der Waals surface area contributed by atoms with Gasteiger partial charge in [0.25, 0.3) is 5.91 Å². The molecule has 0 aliphatic rings. The normalized spacial score (nSPS) is 11.0. The maximum atomic E-state index is 12.4. The van der Waals surface area contributed by atoms with Gasteiger partial charge in [0.15, 0.2) is 0 Å². The zero-order chi connectivity index (χ0) is 16.5. The van der Waals surface area contributed by atoms with Gasteiger partial charge in [-0.3, -0.25) is 4.79 Å². The second-order valence-electron chi connectivity index (χ2n) is 4.99. The lowest BCUT2D eigenvalue weighted by molar-refractivity contribution is -0.112. The van der Waals surface area contributed by atoms with Crippen molar-refractivity contribution in [1.29, 1.82) is 5.26 Å². The van der Waals surface area contributed by atoms with Crippen molar-refractivity contribution in [2.75, 3.05) is 18.4 Å². The van der Waals surface area contributed by atoms with Gasteiger partial charge in [0.05, 0.1) is 0 Å². The Morgan fingerprint density at radius 1 is 1.18 bits per heavy atom. The van der Waals surface area contributed by atoms with Gasteiger partial charge in [-0.05, 0) is 37.8 Å². The van der Waals surface area contributed by atoms with E-state index in [4.69, 9.17) is 0 Å². The summed E-state index contributed by atoms with van der Waals surface area (Å²) in [5.41, 5.74) is 3.16. The Bertz CT molecular complexity index is 558. The summed E-state index contributed by atoms with van der Waals surface area (Å²) < 4.78 is 0. The van der Waals surface area contributed by atoms with Crippen molar-refractivity contribution in [1.82, 2.24) is 4.90 Å². The number of amides is 1. The number of carbonyl (C=O) groups excluding carboxylic acids is 1. The smallest absolute Gasteiger partial charge is 0.267 e. The van der Waals surface area contributed by atoms with E-state index in [1.54, 1.807) is 6.20 Å². The van der Waals surface area contributed by atoms with Crippen LogP contribution >= 0.6 is 0 Å². The first-order valence-corrected chi connectivity index (χ1v) is 7.89. The quantitative estimate of drug-likeness (QED) is 0.619. The van der Waals surface area contributed by atoms with E-state index >= 15 is 0 Å². The van der Waals surface area contributed by atoms with Gasteiger partial charge in [0.1, 0.15) is 11.6 Å². The first kappa shape index (κ1) is 17.8. The maximum Gasteiger partial charge on any atom is 0.267 e. The van der Waals surface area contributed by atoms with Crippen molar-refractivity contribution in [2.24, 2.45) is 0 Å². The molecule has 0 fully saturated rings. The van der Waals surface area contributed by atoms with Gasteiger partial charge in [0.2, 0.25) is 0 Å². The van der Waals surface area contributed by atoms with E-state index < -0.39 is 0 Å². The van der Waals surface area contributed by atoms with Crippen LogP contribution in [0.5, 0.6) is 0 Å². The highest BCUT2D eigenvalue weighted by molar-refractivity contribution is 6.07. The van der Waals surface area contributed by atoms with Crippen LogP contribution in [0.25, 0.3) is 0 Å². The first-order chi connectivity index (χ1) is 10.6. The van der Waals surface area contributed by atoms with E-state index in [2.05, 4.69) is 19.2 Å². The summed E-state index contributed by atoms with van der Waals surface area (Å²) in [6.07, 6.45) is 3.31. The topological polar surface area (TPSA) is 56.1 Å². The van der Waals surface area contributed by atoms with Crippen LogP contribution in [-0.4, -0.2) is 23.9 Å². The summed E-state index contributed by atoms with van der Waals surface area (Å²) in [6.45, 7) is 9.63. The maximum absolute atomic E-state index is 12.4. The molecule has 0 spiro atoms. The summed E-state index contributed by atoms with van der Waals surface area (Å²) in [6, 6.07) is 8.03. The molecule has 118 valence electrons. The second-order valence-corrected chi connectivity index (χ2v) is 4.99. The Balaban J connectivity index is 3.08. The molecule has 0 aromatic heterocycles. The van der Waals surface area contributed by atoms with Crippen molar-refractivity contribution in [2.45, 2.75) is 40.5 Å². The molecule has 0 atom stereocenters. The fraction of sp³-hybridized carbons (Fsp3) is 0.444. The monoisotopic (exact) mass is 299 g/mol. The van der Waals surface area contributed by atoms with E-state index in [0.29, 0.717) is 0 Å². The zero-order valence-corrected chi connectivity index (χ0v) is 13.9. The lowest BCUT2D eigenvalue weighted by Crippen LogP contribution is -2.21. The van der Waals surface area contributed by atoms with Crippen molar-refractivity contribution in [3.05, 3.63) is 41.1 Å². The minimum Gasteiger partial charge on any atom is -0.377 e. The molecule has 1 amide bonds. The number of benzene rings is 1. The summed E-state index contributed by atoms with van der Waals surface area (Å²) in [4.78, 5) is 14.4. The summed E-state index contributed by atoms with van der Waals surface area (Å²) in [5.74, 6) is -0.343. The Morgan fingerprint density at radius 2 is 1.73 bits per heavy atom. The molecule has 1 aromatic carbocycles. The van der Waals surface area contributed by atoms with E-state index in [1.165, 1.54) is 0 Å². The minimum absolute atomic E-state index is 0.136. The Hall–Kier alpha value is -2.28. The number of hydrogen-bond donors (Lipinski definition) is 1. The molecule has 0 bridgehead atoms. The molecule has 0 saturated heterocycles. The number of nitriles is 1. The van der Waals surface area contributed by atoms with Crippen molar-refractivity contribution >= 4 is 11.6 Å². The molecule has 1 rings (SSSR count). The molecule has 1 N–H and O–H groups in total. The van der Waals surface area contributed by atoms with Crippen LogP contribution in [0.4, 0.5) is 5.69 Å². The Labute approximate surface area is 133 Å². The molecule has 0 radical (unpaired) electrons. The predicted octanol–water partition coefficient (Wildman–Crippen LogP) is 3.50. The van der Waals surface area contributed by atoms with E-state index in [9.17, 15) is 10.1 Å². The summed E-state index contributed by atoms with van der Waals surface area (Å²) in [5, 5.41) is 12.2. The van der Waals surface area contributed by atoms with Crippen LogP contribution < -0.4 is 5.32 Å². The number of aryl methyl sites for hydroxylation is 2. The van der Waals surface area contributed by atoms with Crippen molar-refractivity contribution < 1.29 is 4.79 Å². The molecule has 4 heteroatoms. The number of nitrogens with one attached hydrogen (secondary N) is 1. The molecule has 0 unspecified atom stereocenters. The average molecular weight is 299 g/mol. The zero-order valence-electron chi connectivity index (χ0n) is 13.9. The highest BCUT2D eigenvalue weighted by atomic mass is 16.1. The Morgan fingerprint density at radius 3 is 2.14 bits per heavy atom. The third-order valence-electron chi connectivity index (χ3n) is 3.73. The van der Waals surface area contributed by atoms with Gasteiger partial charge < -0.3 is 10.2 Å². The lowest BCUT2D eigenvalue weighted by atomic mass is 10.0. The second kappa shape index (κ2) is 8.89. The van der Waals surface area contributed by atoms with E-state index in [1.807, 2.05) is 43.0 Å². The Kier molecular flexibility index (Phi) is 7.18. The number of anilines is 1. The molecular formula is C18H25N3O. The van der Waals surface area contributed by atoms with Crippen LogP contribution in [0, 0.1) is 11.3 Å². The van der Waals surface area contributed by atoms with E-state index in [0.717, 1.165) is 42.7 Å². The average Bonchev–Trinajstić information content (AvgIpc) is 2.56.